The number of rotatable bonds is 8. The van der Waals surface area contributed by atoms with Crippen LogP contribution < -0.4 is 4.74 Å². The predicted octanol–water partition coefficient (Wildman–Crippen LogP) is 3.52. The van der Waals surface area contributed by atoms with E-state index in [9.17, 15) is 14.4 Å². The molecule has 2 amide bonds. The quantitative estimate of drug-likeness (QED) is 0.251. The summed E-state index contributed by atoms with van der Waals surface area (Å²) in [6.45, 7) is 2.39. The average molecular weight is 617 g/mol. The van der Waals surface area contributed by atoms with E-state index in [1.165, 1.54) is 12.0 Å². The van der Waals surface area contributed by atoms with Crippen LogP contribution in [-0.4, -0.2) is 55.5 Å². The minimum Gasteiger partial charge on any atom is -0.480 e. The highest BCUT2D eigenvalue weighted by atomic mass is 127. The van der Waals surface area contributed by atoms with Crippen LogP contribution >= 0.6 is 56.9 Å². The van der Waals surface area contributed by atoms with Gasteiger partial charge < -0.3 is 14.2 Å². The van der Waals surface area contributed by atoms with Gasteiger partial charge in [-0.25, -0.2) is 4.79 Å². The Morgan fingerprint density at radius 2 is 1.93 bits per heavy atom. The van der Waals surface area contributed by atoms with Crippen molar-refractivity contribution in [1.82, 2.24) is 4.90 Å². The number of benzene rings is 1. The molecule has 27 heavy (non-hydrogen) atoms. The van der Waals surface area contributed by atoms with Crippen molar-refractivity contribution in [3.63, 3.8) is 0 Å². The predicted molar refractivity (Wildman–Crippen MR) is 119 cm³/mol. The van der Waals surface area contributed by atoms with Gasteiger partial charge >= 0.3 is 5.97 Å². The van der Waals surface area contributed by atoms with E-state index >= 15 is 0 Å². The summed E-state index contributed by atoms with van der Waals surface area (Å²) < 4.78 is 16.9. The topological polar surface area (TPSA) is 82.1 Å². The molecule has 146 valence electrons. The maximum absolute atomic E-state index is 12.4. The van der Waals surface area contributed by atoms with Gasteiger partial charge in [-0.2, -0.15) is 0 Å². The molecular weight excluding hydrogens is 600 g/mol. The molecule has 1 aliphatic rings. The van der Waals surface area contributed by atoms with Gasteiger partial charge in [-0.1, -0.05) is 0 Å². The molecule has 1 heterocycles. The Balaban J connectivity index is 2.16. The van der Waals surface area contributed by atoms with Crippen LogP contribution in [0.5, 0.6) is 5.75 Å². The molecule has 1 aromatic rings. The van der Waals surface area contributed by atoms with Gasteiger partial charge in [0.15, 0.2) is 6.61 Å². The van der Waals surface area contributed by atoms with E-state index in [4.69, 9.17) is 14.2 Å². The van der Waals surface area contributed by atoms with E-state index in [0.29, 0.717) is 23.9 Å². The number of halogens is 2. The Bertz CT molecular complexity index is 760. The molecule has 1 saturated heterocycles. The lowest BCUT2D eigenvalue weighted by molar-refractivity contribution is -0.145. The summed E-state index contributed by atoms with van der Waals surface area (Å²) in [5, 5.41) is -0.304. The monoisotopic (exact) mass is 617 g/mol. The standard InChI is InChI=1S/C17H17I2NO6S/c1-3-25-14(21)9-26-15-11(18)6-10(7-12(15)19)8-13-16(22)20(4-5-24-2)17(23)27-13/h6-8H,3-5,9H2,1-2H3/b13-8+. The molecule has 1 aliphatic heterocycles. The minimum atomic E-state index is -0.432. The maximum Gasteiger partial charge on any atom is 0.344 e. The highest BCUT2D eigenvalue weighted by Crippen LogP contribution is 2.34. The van der Waals surface area contributed by atoms with Crippen molar-refractivity contribution in [2.24, 2.45) is 0 Å². The van der Waals surface area contributed by atoms with Crippen LogP contribution in [0.1, 0.15) is 12.5 Å². The fraction of sp³-hybridized carbons (Fsp3) is 0.353. The molecule has 0 atom stereocenters. The molecule has 7 nitrogen and oxygen atoms in total. The molecule has 0 spiro atoms. The molecule has 1 fully saturated rings. The first-order chi connectivity index (χ1) is 12.9. The fourth-order valence-corrected chi connectivity index (χ4v) is 5.15. The number of imide groups is 1. The Kier molecular flexibility index (Phi) is 8.82. The van der Waals surface area contributed by atoms with Gasteiger partial charge in [-0.3, -0.25) is 14.5 Å². The Hall–Kier alpha value is -0.860. The Morgan fingerprint density at radius 1 is 1.26 bits per heavy atom. The minimum absolute atomic E-state index is 0.169. The molecule has 0 radical (unpaired) electrons. The molecular formula is C17H17I2NO6S. The normalized spacial score (nSPS) is 15.6. The number of thioether (sulfide) groups is 1. The SMILES string of the molecule is CCOC(=O)COc1c(I)cc(/C=C2/SC(=O)N(CCOC)C2=O)cc1I. The first-order valence-corrected chi connectivity index (χ1v) is 10.9. The summed E-state index contributed by atoms with van der Waals surface area (Å²) in [5.41, 5.74) is 0.768. The fourth-order valence-electron chi connectivity index (χ4n) is 2.16. The van der Waals surface area contributed by atoms with Gasteiger partial charge in [-0.15, -0.1) is 0 Å². The van der Waals surface area contributed by atoms with Crippen molar-refractivity contribution in [3.8, 4) is 5.75 Å². The zero-order chi connectivity index (χ0) is 20.0. The van der Waals surface area contributed by atoms with Crippen molar-refractivity contribution in [2.45, 2.75) is 6.92 Å². The van der Waals surface area contributed by atoms with Gasteiger partial charge in [0.25, 0.3) is 11.1 Å². The van der Waals surface area contributed by atoms with Crippen LogP contribution in [0.3, 0.4) is 0 Å². The smallest absolute Gasteiger partial charge is 0.344 e. The van der Waals surface area contributed by atoms with Crippen molar-refractivity contribution < 1.29 is 28.6 Å². The van der Waals surface area contributed by atoms with Crippen molar-refractivity contribution in [2.75, 3.05) is 33.5 Å². The summed E-state index contributed by atoms with van der Waals surface area (Å²) in [5.74, 6) is -0.179. The van der Waals surface area contributed by atoms with E-state index in [0.717, 1.165) is 24.5 Å². The zero-order valence-corrected chi connectivity index (χ0v) is 19.8. The number of nitrogens with zero attached hydrogens (tertiary/aromatic N) is 1. The Labute approximate surface area is 188 Å². The van der Waals surface area contributed by atoms with Gasteiger partial charge in [-0.05, 0) is 87.6 Å². The number of hydrogen-bond donors (Lipinski definition) is 0. The number of carbonyl (C=O) groups is 3. The van der Waals surface area contributed by atoms with Crippen molar-refractivity contribution >= 4 is 80.1 Å². The lowest BCUT2D eigenvalue weighted by Crippen LogP contribution is -2.31. The summed E-state index contributed by atoms with van der Waals surface area (Å²) in [4.78, 5) is 37.4. The molecule has 0 bridgehead atoms. The second kappa shape index (κ2) is 10.6. The van der Waals surface area contributed by atoms with Crippen LogP contribution in [0.4, 0.5) is 4.79 Å². The van der Waals surface area contributed by atoms with E-state index < -0.39 is 5.97 Å². The summed E-state index contributed by atoms with van der Waals surface area (Å²) in [6, 6.07) is 3.65. The van der Waals surface area contributed by atoms with E-state index in [-0.39, 0.29) is 24.3 Å². The number of ether oxygens (including phenoxy) is 3. The highest BCUT2D eigenvalue weighted by Gasteiger charge is 2.34. The largest absolute Gasteiger partial charge is 0.480 e. The lowest BCUT2D eigenvalue weighted by atomic mass is 10.2. The number of esters is 1. The highest BCUT2D eigenvalue weighted by molar-refractivity contribution is 14.1. The molecule has 0 aromatic heterocycles. The number of methoxy groups -OCH3 is 1. The zero-order valence-electron chi connectivity index (χ0n) is 14.6. The van der Waals surface area contributed by atoms with Crippen molar-refractivity contribution in [1.29, 1.82) is 0 Å². The third kappa shape index (κ3) is 6.06. The van der Waals surface area contributed by atoms with Gasteiger partial charge in [0.05, 0.1) is 31.8 Å². The van der Waals surface area contributed by atoms with E-state index in [1.807, 2.05) is 12.1 Å². The van der Waals surface area contributed by atoms with Crippen LogP contribution in [0, 0.1) is 7.14 Å². The summed E-state index contributed by atoms with van der Waals surface area (Å²) >= 11 is 5.11. The third-order valence-electron chi connectivity index (χ3n) is 3.35. The second-order valence-corrected chi connectivity index (χ2v) is 8.55. The first-order valence-electron chi connectivity index (χ1n) is 7.89. The van der Waals surface area contributed by atoms with Crippen LogP contribution in [-0.2, 0) is 19.1 Å². The average Bonchev–Trinajstić information content (AvgIpc) is 2.86. The van der Waals surface area contributed by atoms with Gasteiger partial charge in [0, 0.05) is 7.11 Å². The van der Waals surface area contributed by atoms with Crippen LogP contribution in [0.15, 0.2) is 17.0 Å². The van der Waals surface area contributed by atoms with Crippen LogP contribution in [0.2, 0.25) is 0 Å². The number of hydrogen-bond acceptors (Lipinski definition) is 7. The number of amides is 2. The number of carbonyl (C=O) groups excluding carboxylic acids is 3. The van der Waals surface area contributed by atoms with Crippen molar-refractivity contribution in [3.05, 3.63) is 29.7 Å². The summed E-state index contributed by atoms with van der Waals surface area (Å²) in [7, 11) is 1.52. The maximum atomic E-state index is 12.4. The lowest BCUT2D eigenvalue weighted by Gasteiger charge is -2.11. The second-order valence-electron chi connectivity index (χ2n) is 5.23. The molecule has 1 aromatic carbocycles. The van der Waals surface area contributed by atoms with E-state index in [1.54, 1.807) is 13.0 Å². The third-order valence-corrected chi connectivity index (χ3v) is 5.86. The molecule has 2 rings (SSSR count). The molecule has 0 unspecified atom stereocenters. The van der Waals surface area contributed by atoms with E-state index in [2.05, 4.69) is 45.2 Å². The molecule has 0 aliphatic carbocycles. The molecule has 0 saturated carbocycles. The van der Waals surface area contributed by atoms with Crippen LogP contribution in [0.25, 0.3) is 6.08 Å². The molecule has 10 heteroatoms. The van der Waals surface area contributed by atoms with Gasteiger partial charge in [0.1, 0.15) is 5.75 Å². The summed E-state index contributed by atoms with van der Waals surface area (Å²) in [6.07, 6.45) is 1.68. The molecule has 0 N–H and O–H groups in total. The van der Waals surface area contributed by atoms with Gasteiger partial charge in [0.2, 0.25) is 0 Å². The Morgan fingerprint density at radius 3 is 2.52 bits per heavy atom. The first kappa shape index (κ1) is 22.4.